The van der Waals surface area contributed by atoms with Crippen LogP contribution in [-0.4, -0.2) is 72.1 Å². The summed E-state index contributed by atoms with van der Waals surface area (Å²) < 4.78 is 42.5. The van der Waals surface area contributed by atoms with Gasteiger partial charge in [0.15, 0.2) is 0 Å². The van der Waals surface area contributed by atoms with E-state index < -0.39 is 12.1 Å². The normalized spacial score (nSPS) is 18.7. The largest absolute Gasteiger partial charge is 0.490 e. The van der Waals surface area contributed by atoms with Gasteiger partial charge in [0, 0.05) is 44.8 Å². The zero-order valence-electron chi connectivity index (χ0n) is 15.2. The fourth-order valence-corrected chi connectivity index (χ4v) is 3.20. The molecule has 1 fully saturated rings. The standard InChI is InChI=1S/C15H23N3O2.C2HF3O2/c1-19-15-13-2-6-18(7-3-14(13)16-11-17-15)10-12-4-8-20-9-5-12;3-2(4,5)1(6)7/h11-12H,2-10H2,1H3;(H,6,7). The van der Waals surface area contributed by atoms with Crippen LogP contribution in [0.1, 0.15) is 24.1 Å². The number of aromatic nitrogens is 2. The van der Waals surface area contributed by atoms with Gasteiger partial charge in [-0.2, -0.15) is 13.2 Å². The third kappa shape index (κ3) is 6.62. The Balaban J connectivity index is 0.000000321. The number of aliphatic carboxylic acids is 1. The number of carbonyl (C=O) groups is 1. The van der Waals surface area contributed by atoms with Gasteiger partial charge in [-0.05, 0) is 25.2 Å². The van der Waals surface area contributed by atoms with Crippen molar-refractivity contribution in [2.24, 2.45) is 5.92 Å². The van der Waals surface area contributed by atoms with Crippen LogP contribution in [-0.2, 0) is 22.4 Å². The Morgan fingerprint density at radius 3 is 2.52 bits per heavy atom. The number of fused-ring (bicyclic) bond motifs is 1. The van der Waals surface area contributed by atoms with E-state index >= 15 is 0 Å². The van der Waals surface area contributed by atoms with Crippen molar-refractivity contribution in [1.29, 1.82) is 0 Å². The zero-order valence-corrected chi connectivity index (χ0v) is 15.2. The molecule has 0 bridgehead atoms. The van der Waals surface area contributed by atoms with Gasteiger partial charge < -0.3 is 19.5 Å². The zero-order chi connectivity index (χ0) is 19.9. The third-order valence-corrected chi connectivity index (χ3v) is 4.63. The number of carboxylic acid groups (broad SMARTS) is 1. The Hall–Kier alpha value is -1.94. The Kier molecular flexibility index (Phi) is 7.78. The monoisotopic (exact) mass is 391 g/mol. The summed E-state index contributed by atoms with van der Waals surface area (Å²) in [6.45, 7) is 5.21. The molecule has 27 heavy (non-hydrogen) atoms. The second-order valence-corrected chi connectivity index (χ2v) is 6.47. The summed E-state index contributed by atoms with van der Waals surface area (Å²) in [5.74, 6) is -1.21. The van der Waals surface area contributed by atoms with Crippen molar-refractivity contribution in [1.82, 2.24) is 14.9 Å². The molecule has 0 aliphatic carbocycles. The van der Waals surface area contributed by atoms with Gasteiger partial charge in [0.2, 0.25) is 5.88 Å². The molecule has 3 rings (SSSR count). The second kappa shape index (κ2) is 9.84. The molecule has 1 N–H and O–H groups in total. The first-order valence-corrected chi connectivity index (χ1v) is 8.78. The van der Waals surface area contributed by atoms with E-state index in [4.69, 9.17) is 19.4 Å². The first-order valence-electron chi connectivity index (χ1n) is 8.78. The van der Waals surface area contributed by atoms with E-state index in [-0.39, 0.29) is 0 Å². The molecule has 1 aromatic rings. The minimum Gasteiger partial charge on any atom is -0.481 e. The molecule has 0 atom stereocenters. The van der Waals surface area contributed by atoms with Crippen molar-refractivity contribution in [3.05, 3.63) is 17.6 Å². The van der Waals surface area contributed by atoms with Gasteiger partial charge in [0.1, 0.15) is 6.33 Å². The predicted molar refractivity (Wildman–Crippen MR) is 89.7 cm³/mol. The summed E-state index contributed by atoms with van der Waals surface area (Å²) in [5, 5.41) is 7.12. The summed E-state index contributed by atoms with van der Waals surface area (Å²) in [6.07, 6.45) is 0.922. The maximum absolute atomic E-state index is 10.6. The molecule has 7 nitrogen and oxygen atoms in total. The highest BCUT2D eigenvalue weighted by atomic mass is 19.4. The summed E-state index contributed by atoms with van der Waals surface area (Å²) in [5.41, 5.74) is 2.36. The maximum atomic E-state index is 10.6. The molecule has 152 valence electrons. The Morgan fingerprint density at radius 2 is 1.93 bits per heavy atom. The number of hydrogen-bond acceptors (Lipinski definition) is 6. The van der Waals surface area contributed by atoms with Crippen molar-refractivity contribution in [3.63, 3.8) is 0 Å². The molecular weight excluding hydrogens is 367 g/mol. The van der Waals surface area contributed by atoms with Gasteiger partial charge in [-0.25, -0.2) is 14.8 Å². The van der Waals surface area contributed by atoms with E-state index in [9.17, 15) is 13.2 Å². The minimum atomic E-state index is -5.08. The SMILES string of the molecule is COc1ncnc2c1CCN(CC1CCOCC1)CC2.O=C(O)C(F)(F)F. The fourth-order valence-electron chi connectivity index (χ4n) is 3.20. The lowest BCUT2D eigenvalue weighted by atomic mass is 9.99. The Morgan fingerprint density at radius 1 is 1.30 bits per heavy atom. The molecule has 0 spiro atoms. The molecule has 0 amide bonds. The average Bonchev–Trinajstić information content (AvgIpc) is 2.85. The van der Waals surface area contributed by atoms with Crippen LogP contribution < -0.4 is 4.74 Å². The molecule has 1 saturated heterocycles. The van der Waals surface area contributed by atoms with Crippen LogP contribution >= 0.6 is 0 Å². The number of halogens is 3. The van der Waals surface area contributed by atoms with E-state index in [0.717, 1.165) is 56.6 Å². The van der Waals surface area contributed by atoms with Crippen molar-refractivity contribution < 1.29 is 32.5 Å². The molecular formula is C17H24F3N3O4. The number of carboxylic acids is 1. The van der Waals surface area contributed by atoms with Crippen LogP contribution in [0.5, 0.6) is 5.88 Å². The van der Waals surface area contributed by atoms with Gasteiger partial charge in [-0.15, -0.1) is 0 Å². The quantitative estimate of drug-likeness (QED) is 0.843. The smallest absolute Gasteiger partial charge is 0.481 e. The van der Waals surface area contributed by atoms with E-state index in [1.54, 1.807) is 13.4 Å². The highest BCUT2D eigenvalue weighted by Crippen LogP contribution is 2.23. The fraction of sp³-hybridized carbons (Fsp3) is 0.706. The van der Waals surface area contributed by atoms with Crippen molar-refractivity contribution in [2.75, 3.05) is 40.0 Å². The Labute approximate surface area is 155 Å². The molecule has 2 aliphatic rings. The van der Waals surface area contributed by atoms with Crippen LogP contribution in [0.3, 0.4) is 0 Å². The van der Waals surface area contributed by atoms with Gasteiger partial charge in [-0.1, -0.05) is 0 Å². The molecule has 0 unspecified atom stereocenters. The predicted octanol–water partition coefficient (Wildman–Crippen LogP) is 1.95. The lowest BCUT2D eigenvalue weighted by Gasteiger charge is -2.28. The molecule has 10 heteroatoms. The van der Waals surface area contributed by atoms with Gasteiger partial charge >= 0.3 is 12.1 Å². The van der Waals surface area contributed by atoms with Gasteiger partial charge in [-0.3, -0.25) is 0 Å². The van der Waals surface area contributed by atoms with Crippen LogP contribution in [0, 0.1) is 5.92 Å². The summed E-state index contributed by atoms with van der Waals surface area (Å²) >= 11 is 0. The van der Waals surface area contributed by atoms with E-state index in [2.05, 4.69) is 14.9 Å². The summed E-state index contributed by atoms with van der Waals surface area (Å²) in [6, 6.07) is 0. The molecule has 0 aromatic carbocycles. The lowest BCUT2D eigenvalue weighted by molar-refractivity contribution is -0.192. The molecule has 3 heterocycles. The van der Waals surface area contributed by atoms with Crippen LogP contribution in [0.25, 0.3) is 0 Å². The van der Waals surface area contributed by atoms with E-state index in [1.807, 2.05) is 0 Å². The summed E-state index contributed by atoms with van der Waals surface area (Å²) in [4.78, 5) is 20.1. The van der Waals surface area contributed by atoms with Crippen molar-refractivity contribution in [3.8, 4) is 5.88 Å². The number of methoxy groups -OCH3 is 1. The molecule has 2 aliphatic heterocycles. The van der Waals surface area contributed by atoms with Crippen molar-refractivity contribution in [2.45, 2.75) is 31.9 Å². The number of alkyl halides is 3. The first-order chi connectivity index (χ1) is 12.8. The molecule has 0 saturated carbocycles. The lowest BCUT2D eigenvalue weighted by Crippen LogP contribution is -2.34. The van der Waals surface area contributed by atoms with Gasteiger partial charge in [0.25, 0.3) is 0 Å². The second-order valence-electron chi connectivity index (χ2n) is 6.47. The van der Waals surface area contributed by atoms with Crippen LogP contribution in [0.15, 0.2) is 6.33 Å². The minimum absolute atomic E-state index is 0.753. The van der Waals surface area contributed by atoms with Crippen LogP contribution in [0.2, 0.25) is 0 Å². The van der Waals surface area contributed by atoms with E-state index in [0.29, 0.717) is 0 Å². The number of hydrogen-bond donors (Lipinski definition) is 1. The topological polar surface area (TPSA) is 84.8 Å². The van der Waals surface area contributed by atoms with E-state index in [1.165, 1.54) is 24.9 Å². The highest BCUT2D eigenvalue weighted by molar-refractivity contribution is 5.73. The highest BCUT2D eigenvalue weighted by Gasteiger charge is 2.38. The third-order valence-electron chi connectivity index (χ3n) is 4.63. The molecule has 0 radical (unpaired) electrons. The number of rotatable bonds is 3. The number of nitrogens with zero attached hydrogens (tertiary/aromatic N) is 3. The maximum Gasteiger partial charge on any atom is 0.490 e. The van der Waals surface area contributed by atoms with Crippen LogP contribution in [0.4, 0.5) is 13.2 Å². The number of ether oxygens (including phenoxy) is 2. The van der Waals surface area contributed by atoms with Crippen molar-refractivity contribution >= 4 is 5.97 Å². The van der Waals surface area contributed by atoms with Gasteiger partial charge in [0.05, 0.1) is 12.8 Å². The molecule has 1 aromatic heterocycles. The first kappa shape index (κ1) is 21.4. The average molecular weight is 391 g/mol. The Bertz CT molecular complexity index is 622. The summed E-state index contributed by atoms with van der Waals surface area (Å²) in [7, 11) is 1.69.